The highest BCUT2D eigenvalue weighted by Crippen LogP contribution is 2.49. The van der Waals surface area contributed by atoms with E-state index < -0.39 is 21.2 Å². The van der Waals surface area contributed by atoms with E-state index in [2.05, 4.69) is 0 Å². The summed E-state index contributed by atoms with van der Waals surface area (Å²) in [6, 6.07) is 0. The largest absolute Gasteiger partial charge is 0.481 e. The normalized spacial score (nSPS) is 17.9. The molecule has 6 heteroatoms. The first-order valence-corrected chi connectivity index (χ1v) is 8.87. The number of rotatable bonds is 9. The molecule has 0 aromatic carbocycles. The van der Waals surface area contributed by atoms with Crippen molar-refractivity contribution in [2.24, 2.45) is 5.41 Å². The summed E-state index contributed by atoms with van der Waals surface area (Å²) in [7, 11) is -3.08. The highest BCUT2D eigenvalue weighted by Gasteiger charge is 2.47. The van der Waals surface area contributed by atoms with Gasteiger partial charge in [-0.3, -0.25) is 4.79 Å². The van der Waals surface area contributed by atoms with Gasteiger partial charge in [0.2, 0.25) is 0 Å². The van der Waals surface area contributed by atoms with E-state index in [9.17, 15) is 13.2 Å². The lowest BCUT2D eigenvalue weighted by Gasteiger charge is -2.12. The Morgan fingerprint density at radius 1 is 1.41 bits per heavy atom. The van der Waals surface area contributed by atoms with Crippen LogP contribution in [0, 0.1) is 5.41 Å². The van der Waals surface area contributed by atoms with E-state index in [1.807, 2.05) is 6.92 Å². The van der Waals surface area contributed by atoms with E-state index in [0.29, 0.717) is 6.42 Å². The number of thioether (sulfide) groups is 1. The van der Waals surface area contributed by atoms with Crippen LogP contribution in [0.3, 0.4) is 0 Å². The lowest BCUT2D eigenvalue weighted by molar-refractivity contribution is -0.138. The minimum Gasteiger partial charge on any atom is -0.481 e. The molecule has 0 unspecified atom stereocenters. The highest BCUT2D eigenvalue weighted by molar-refractivity contribution is 7.99. The third-order valence-corrected chi connectivity index (χ3v) is 5.91. The predicted molar refractivity (Wildman–Crippen MR) is 70.2 cm³/mol. The molecule has 1 aliphatic rings. The summed E-state index contributed by atoms with van der Waals surface area (Å²) in [6.45, 7) is 2.05. The molecule has 1 aliphatic carbocycles. The molecule has 1 saturated carbocycles. The Kier molecular flexibility index (Phi) is 5.31. The second kappa shape index (κ2) is 6.09. The predicted octanol–water partition coefficient (Wildman–Crippen LogP) is 1.80. The first-order chi connectivity index (χ1) is 7.89. The minimum absolute atomic E-state index is 0.00403. The summed E-state index contributed by atoms with van der Waals surface area (Å²) in [4.78, 5) is 10.6. The van der Waals surface area contributed by atoms with Crippen molar-refractivity contribution in [3.05, 3.63) is 0 Å². The van der Waals surface area contributed by atoms with Crippen LogP contribution < -0.4 is 0 Å². The molecular weight excluding hydrogens is 260 g/mol. The fourth-order valence-electron chi connectivity index (χ4n) is 1.93. The molecule has 0 aliphatic heterocycles. The number of sulfone groups is 1. The Bertz CT molecular complexity index is 358. The molecule has 1 N–H and O–H groups in total. The Morgan fingerprint density at radius 3 is 2.53 bits per heavy atom. The van der Waals surface area contributed by atoms with Gasteiger partial charge in [0.1, 0.15) is 0 Å². The van der Waals surface area contributed by atoms with Crippen molar-refractivity contribution in [3.63, 3.8) is 0 Å². The van der Waals surface area contributed by atoms with E-state index in [1.54, 1.807) is 11.8 Å². The van der Waals surface area contributed by atoms with Crippen LogP contribution in [0.4, 0.5) is 0 Å². The fourth-order valence-corrected chi connectivity index (χ4v) is 4.81. The van der Waals surface area contributed by atoms with E-state index in [4.69, 9.17) is 5.11 Å². The molecule has 0 heterocycles. The third kappa shape index (κ3) is 5.77. The summed E-state index contributed by atoms with van der Waals surface area (Å²) >= 11 is 1.73. The maximum Gasteiger partial charge on any atom is 0.303 e. The summed E-state index contributed by atoms with van der Waals surface area (Å²) in [6.07, 6.45) is 2.14. The van der Waals surface area contributed by atoms with Gasteiger partial charge in [-0.05, 0) is 36.2 Å². The average Bonchev–Trinajstić information content (AvgIpc) is 2.90. The number of carboxylic acids is 1. The number of carbonyl (C=O) groups is 1. The second-order valence-corrected chi connectivity index (χ2v) is 8.29. The van der Waals surface area contributed by atoms with Gasteiger partial charge in [0, 0.05) is 0 Å². The van der Waals surface area contributed by atoms with Gasteiger partial charge in [-0.1, -0.05) is 6.92 Å². The average molecular weight is 280 g/mol. The van der Waals surface area contributed by atoms with E-state index in [1.165, 1.54) is 0 Å². The summed E-state index contributed by atoms with van der Waals surface area (Å²) < 4.78 is 23.7. The van der Waals surface area contributed by atoms with Crippen LogP contribution >= 0.6 is 11.8 Å². The van der Waals surface area contributed by atoms with Crippen molar-refractivity contribution in [3.8, 4) is 0 Å². The second-order valence-electron chi connectivity index (χ2n) is 4.71. The Labute approximate surface area is 107 Å². The maximum atomic E-state index is 11.8. The van der Waals surface area contributed by atoms with Crippen molar-refractivity contribution in [1.82, 2.24) is 0 Å². The Morgan fingerprint density at radius 2 is 2.06 bits per heavy atom. The lowest BCUT2D eigenvalue weighted by atomic mass is 10.1. The van der Waals surface area contributed by atoms with Gasteiger partial charge in [0.15, 0.2) is 9.84 Å². The number of hydrogen-bond acceptors (Lipinski definition) is 4. The zero-order valence-corrected chi connectivity index (χ0v) is 11.8. The van der Waals surface area contributed by atoms with Crippen molar-refractivity contribution < 1.29 is 18.3 Å². The summed E-state index contributed by atoms with van der Waals surface area (Å²) in [5.74, 6) is 1.23. The van der Waals surface area contributed by atoms with Gasteiger partial charge in [-0.25, -0.2) is 8.42 Å². The fraction of sp³-hybridized carbons (Fsp3) is 0.909. The molecule has 0 radical (unpaired) electrons. The summed E-state index contributed by atoms with van der Waals surface area (Å²) in [5, 5.41) is 8.73. The molecule has 100 valence electrons. The smallest absolute Gasteiger partial charge is 0.303 e. The molecule has 0 bridgehead atoms. The van der Waals surface area contributed by atoms with Crippen LogP contribution in [-0.4, -0.2) is 42.5 Å². The Balaban J connectivity index is 2.36. The zero-order valence-electron chi connectivity index (χ0n) is 10.1. The van der Waals surface area contributed by atoms with Gasteiger partial charge in [-0.15, -0.1) is 0 Å². The van der Waals surface area contributed by atoms with Crippen LogP contribution in [0.25, 0.3) is 0 Å². The first kappa shape index (κ1) is 14.8. The molecule has 4 nitrogen and oxygen atoms in total. The third-order valence-electron chi connectivity index (χ3n) is 2.96. The van der Waals surface area contributed by atoms with Crippen LogP contribution in [-0.2, 0) is 14.6 Å². The standard InChI is InChI=1S/C11H20O4S2/c1-2-16-6-3-7-17(14,15)9-11(4-5-11)8-10(12)13/h2-9H2,1H3,(H,12,13). The van der Waals surface area contributed by atoms with Crippen molar-refractivity contribution in [2.75, 3.05) is 23.0 Å². The lowest BCUT2D eigenvalue weighted by Crippen LogP contribution is -2.22. The molecule has 0 amide bonds. The van der Waals surface area contributed by atoms with Gasteiger partial charge in [-0.2, -0.15) is 11.8 Å². The summed E-state index contributed by atoms with van der Waals surface area (Å²) in [5.41, 5.74) is -0.442. The zero-order chi connectivity index (χ0) is 12.9. The van der Waals surface area contributed by atoms with E-state index in [0.717, 1.165) is 24.3 Å². The topological polar surface area (TPSA) is 71.4 Å². The molecule has 0 spiro atoms. The first-order valence-electron chi connectivity index (χ1n) is 5.89. The number of aliphatic carboxylic acids is 1. The van der Waals surface area contributed by atoms with Crippen molar-refractivity contribution in [1.29, 1.82) is 0 Å². The van der Waals surface area contributed by atoms with Gasteiger partial charge < -0.3 is 5.11 Å². The Hall–Kier alpha value is -0.230. The molecule has 0 atom stereocenters. The molecule has 0 aromatic heterocycles. The molecule has 1 rings (SSSR count). The van der Waals surface area contributed by atoms with Crippen molar-refractivity contribution >= 4 is 27.6 Å². The quantitative estimate of drug-likeness (QED) is 0.652. The monoisotopic (exact) mass is 280 g/mol. The van der Waals surface area contributed by atoms with E-state index in [-0.39, 0.29) is 17.9 Å². The molecule has 0 aromatic rings. The van der Waals surface area contributed by atoms with E-state index >= 15 is 0 Å². The molecule has 1 fully saturated rings. The van der Waals surface area contributed by atoms with Gasteiger partial charge >= 0.3 is 5.97 Å². The molecular formula is C11H20O4S2. The van der Waals surface area contributed by atoms with Crippen LogP contribution in [0.2, 0.25) is 0 Å². The maximum absolute atomic E-state index is 11.8. The minimum atomic E-state index is -3.08. The molecule has 17 heavy (non-hydrogen) atoms. The van der Waals surface area contributed by atoms with Crippen LogP contribution in [0.15, 0.2) is 0 Å². The van der Waals surface area contributed by atoms with Crippen LogP contribution in [0.1, 0.15) is 32.6 Å². The van der Waals surface area contributed by atoms with Gasteiger partial charge in [0.25, 0.3) is 0 Å². The van der Waals surface area contributed by atoms with Gasteiger partial charge in [0.05, 0.1) is 17.9 Å². The van der Waals surface area contributed by atoms with Crippen molar-refractivity contribution in [2.45, 2.75) is 32.6 Å². The van der Waals surface area contributed by atoms with Crippen LogP contribution in [0.5, 0.6) is 0 Å². The molecule has 0 saturated heterocycles. The number of hydrogen-bond donors (Lipinski definition) is 1. The number of carboxylic acid groups (broad SMARTS) is 1. The highest BCUT2D eigenvalue weighted by atomic mass is 32.2. The SMILES string of the molecule is CCSCCCS(=O)(=O)CC1(CC(=O)O)CC1.